The van der Waals surface area contributed by atoms with Crippen LogP contribution in [0.25, 0.3) is 0 Å². The standard InChI is InChI=1S/C17H21ClN2/c1-13-6-2-3-7-14(13)10-11-16(20-19)12-15-8-4-5-9-17(15)18/h2-9,16,20H,10-12,19H2,1H3. The summed E-state index contributed by atoms with van der Waals surface area (Å²) in [6.07, 6.45) is 2.86. The molecule has 0 aliphatic heterocycles. The molecule has 0 aliphatic rings. The quantitative estimate of drug-likeness (QED) is 0.629. The molecule has 0 amide bonds. The van der Waals surface area contributed by atoms with E-state index in [9.17, 15) is 0 Å². The van der Waals surface area contributed by atoms with E-state index in [-0.39, 0.29) is 6.04 Å². The predicted molar refractivity (Wildman–Crippen MR) is 85.8 cm³/mol. The molecule has 0 heterocycles. The van der Waals surface area contributed by atoms with Crippen LogP contribution in [0.2, 0.25) is 5.02 Å². The Morgan fingerprint density at radius 1 is 1.05 bits per heavy atom. The highest BCUT2D eigenvalue weighted by Gasteiger charge is 2.10. The van der Waals surface area contributed by atoms with E-state index >= 15 is 0 Å². The first-order valence-corrected chi connectivity index (χ1v) is 7.32. The highest BCUT2D eigenvalue weighted by Crippen LogP contribution is 2.18. The minimum atomic E-state index is 0.231. The summed E-state index contributed by atoms with van der Waals surface area (Å²) >= 11 is 6.20. The van der Waals surface area contributed by atoms with Gasteiger partial charge in [-0.1, -0.05) is 54.1 Å². The Morgan fingerprint density at radius 2 is 1.70 bits per heavy atom. The van der Waals surface area contributed by atoms with Crippen LogP contribution in [0.15, 0.2) is 48.5 Å². The third kappa shape index (κ3) is 4.07. The lowest BCUT2D eigenvalue weighted by Crippen LogP contribution is -2.37. The maximum absolute atomic E-state index is 6.20. The van der Waals surface area contributed by atoms with E-state index in [1.165, 1.54) is 11.1 Å². The van der Waals surface area contributed by atoms with Gasteiger partial charge in [-0.2, -0.15) is 0 Å². The average Bonchev–Trinajstić information content (AvgIpc) is 2.47. The number of hydrazine groups is 1. The van der Waals surface area contributed by atoms with E-state index in [0.29, 0.717) is 0 Å². The van der Waals surface area contributed by atoms with Crippen LogP contribution in [0.5, 0.6) is 0 Å². The van der Waals surface area contributed by atoms with Crippen molar-refractivity contribution in [3.8, 4) is 0 Å². The number of benzene rings is 2. The van der Waals surface area contributed by atoms with Crippen molar-refractivity contribution < 1.29 is 0 Å². The molecule has 0 aromatic heterocycles. The third-order valence-corrected chi connectivity index (χ3v) is 4.05. The first kappa shape index (κ1) is 15.0. The number of hydrogen-bond acceptors (Lipinski definition) is 2. The summed E-state index contributed by atoms with van der Waals surface area (Å²) in [6.45, 7) is 2.15. The van der Waals surface area contributed by atoms with Gasteiger partial charge in [-0.25, -0.2) is 0 Å². The van der Waals surface area contributed by atoms with Gasteiger partial charge in [-0.15, -0.1) is 0 Å². The predicted octanol–water partition coefficient (Wildman–Crippen LogP) is 3.66. The monoisotopic (exact) mass is 288 g/mol. The van der Waals surface area contributed by atoms with Gasteiger partial charge >= 0.3 is 0 Å². The number of nitrogens with two attached hydrogens (primary N) is 1. The molecule has 0 fully saturated rings. The minimum absolute atomic E-state index is 0.231. The Balaban J connectivity index is 1.96. The zero-order chi connectivity index (χ0) is 14.4. The van der Waals surface area contributed by atoms with Gasteiger partial charge in [-0.05, 0) is 48.9 Å². The Morgan fingerprint density at radius 3 is 2.35 bits per heavy atom. The molecule has 1 unspecified atom stereocenters. The molecule has 0 bridgehead atoms. The van der Waals surface area contributed by atoms with Crippen molar-refractivity contribution >= 4 is 11.6 Å². The fourth-order valence-electron chi connectivity index (χ4n) is 2.39. The lowest BCUT2D eigenvalue weighted by atomic mass is 9.97. The zero-order valence-electron chi connectivity index (χ0n) is 11.8. The highest BCUT2D eigenvalue weighted by atomic mass is 35.5. The number of rotatable bonds is 6. The molecule has 106 valence electrons. The van der Waals surface area contributed by atoms with E-state index in [1.807, 2.05) is 18.2 Å². The number of nitrogens with one attached hydrogen (secondary N) is 1. The van der Waals surface area contributed by atoms with Crippen LogP contribution in [0, 0.1) is 6.92 Å². The summed E-state index contributed by atoms with van der Waals surface area (Å²) in [7, 11) is 0. The van der Waals surface area contributed by atoms with Crippen molar-refractivity contribution in [2.75, 3.05) is 0 Å². The van der Waals surface area contributed by atoms with Crippen LogP contribution in [-0.2, 0) is 12.8 Å². The van der Waals surface area contributed by atoms with Crippen molar-refractivity contribution in [1.29, 1.82) is 0 Å². The second-order valence-electron chi connectivity index (χ2n) is 5.12. The van der Waals surface area contributed by atoms with Crippen molar-refractivity contribution in [2.45, 2.75) is 32.2 Å². The Labute approximate surface area is 125 Å². The van der Waals surface area contributed by atoms with E-state index in [2.05, 4.69) is 42.7 Å². The lowest BCUT2D eigenvalue weighted by Gasteiger charge is -2.17. The van der Waals surface area contributed by atoms with Gasteiger partial charge in [0.15, 0.2) is 0 Å². The summed E-state index contributed by atoms with van der Waals surface area (Å²) in [5, 5.41) is 0.809. The van der Waals surface area contributed by atoms with Gasteiger partial charge in [0, 0.05) is 11.1 Å². The second kappa shape index (κ2) is 7.44. The lowest BCUT2D eigenvalue weighted by molar-refractivity contribution is 0.491. The van der Waals surface area contributed by atoms with Gasteiger partial charge in [0.2, 0.25) is 0 Å². The van der Waals surface area contributed by atoms with E-state index in [1.54, 1.807) is 0 Å². The van der Waals surface area contributed by atoms with Gasteiger partial charge in [0.05, 0.1) is 0 Å². The van der Waals surface area contributed by atoms with E-state index in [4.69, 9.17) is 17.4 Å². The van der Waals surface area contributed by atoms with Gasteiger partial charge in [0.1, 0.15) is 0 Å². The van der Waals surface area contributed by atoms with Crippen molar-refractivity contribution in [3.63, 3.8) is 0 Å². The molecule has 2 nitrogen and oxygen atoms in total. The molecule has 0 radical (unpaired) electrons. The largest absolute Gasteiger partial charge is 0.271 e. The molecule has 0 saturated heterocycles. The van der Waals surface area contributed by atoms with E-state index in [0.717, 1.165) is 29.8 Å². The van der Waals surface area contributed by atoms with Gasteiger partial charge in [0.25, 0.3) is 0 Å². The molecule has 2 aromatic rings. The summed E-state index contributed by atoms with van der Waals surface area (Å²) < 4.78 is 0. The molecule has 3 heteroatoms. The maximum Gasteiger partial charge on any atom is 0.0438 e. The van der Waals surface area contributed by atoms with Crippen molar-refractivity contribution in [1.82, 2.24) is 5.43 Å². The molecule has 3 N–H and O–H groups in total. The first-order valence-electron chi connectivity index (χ1n) is 6.94. The van der Waals surface area contributed by atoms with Crippen LogP contribution >= 0.6 is 11.6 Å². The van der Waals surface area contributed by atoms with Crippen LogP contribution in [-0.4, -0.2) is 6.04 Å². The van der Waals surface area contributed by atoms with Crippen LogP contribution in [0.3, 0.4) is 0 Å². The smallest absolute Gasteiger partial charge is 0.0438 e. The Bertz CT molecular complexity index is 554. The molecule has 20 heavy (non-hydrogen) atoms. The summed E-state index contributed by atoms with van der Waals surface area (Å²) in [5.74, 6) is 5.68. The maximum atomic E-state index is 6.20. The first-order chi connectivity index (χ1) is 9.70. The van der Waals surface area contributed by atoms with E-state index < -0.39 is 0 Å². The fraction of sp³-hybridized carbons (Fsp3) is 0.294. The molecule has 0 spiro atoms. The van der Waals surface area contributed by atoms with Crippen molar-refractivity contribution in [2.24, 2.45) is 5.84 Å². The average molecular weight is 289 g/mol. The fourth-order valence-corrected chi connectivity index (χ4v) is 2.61. The van der Waals surface area contributed by atoms with Crippen molar-refractivity contribution in [3.05, 3.63) is 70.2 Å². The summed E-state index contributed by atoms with van der Waals surface area (Å²) in [4.78, 5) is 0. The Hall–Kier alpha value is -1.35. The summed E-state index contributed by atoms with van der Waals surface area (Å²) in [6, 6.07) is 16.6. The van der Waals surface area contributed by atoms with Gasteiger partial charge < -0.3 is 0 Å². The highest BCUT2D eigenvalue weighted by molar-refractivity contribution is 6.31. The molecule has 0 saturated carbocycles. The minimum Gasteiger partial charge on any atom is -0.271 e. The molecule has 1 atom stereocenters. The molecule has 2 rings (SSSR count). The van der Waals surface area contributed by atoms with Crippen LogP contribution < -0.4 is 11.3 Å². The molecule has 0 aliphatic carbocycles. The topological polar surface area (TPSA) is 38.0 Å². The second-order valence-corrected chi connectivity index (χ2v) is 5.53. The summed E-state index contributed by atoms with van der Waals surface area (Å²) in [5.41, 5.74) is 6.77. The molecule has 2 aromatic carbocycles. The normalized spacial score (nSPS) is 12.3. The van der Waals surface area contributed by atoms with Gasteiger partial charge in [-0.3, -0.25) is 11.3 Å². The zero-order valence-corrected chi connectivity index (χ0v) is 12.5. The number of hydrogen-bond donors (Lipinski definition) is 2. The number of halogens is 1. The van der Waals surface area contributed by atoms with Crippen LogP contribution in [0.4, 0.5) is 0 Å². The third-order valence-electron chi connectivity index (χ3n) is 3.68. The van der Waals surface area contributed by atoms with Crippen LogP contribution in [0.1, 0.15) is 23.1 Å². The Kier molecular flexibility index (Phi) is 5.60. The SMILES string of the molecule is Cc1ccccc1CCC(Cc1ccccc1Cl)NN. The number of aryl methyl sites for hydroxylation is 2. The molecular formula is C17H21ClN2. The molecular weight excluding hydrogens is 268 g/mol.